The number of nitrogen functional groups attached to an aromatic ring is 1. The normalized spacial score (nSPS) is 14.4. The number of fused-ring (bicyclic) bond motifs is 1. The monoisotopic (exact) mass is 383 g/mol. The number of nitrogens with zero attached hydrogens (tertiary/aromatic N) is 2. The van der Waals surface area contributed by atoms with Crippen LogP contribution in [0.15, 0.2) is 12.3 Å². The molecule has 1 radical (unpaired) electrons. The van der Waals surface area contributed by atoms with Gasteiger partial charge in [-0.2, -0.15) is 5.10 Å². The number of nitrogens with one attached hydrogen (secondary N) is 1. The number of aromatic amines is 1. The summed E-state index contributed by atoms with van der Waals surface area (Å²) in [6.45, 7) is 5.92. The summed E-state index contributed by atoms with van der Waals surface area (Å²) < 4.78 is 1.25. The van der Waals surface area contributed by atoms with Gasteiger partial charge in [0.05, 0.1) is 10.9 Å². The fourth-order valence-electron chi connectivity index (χ4n) is 2.31. The average molecular weight is 384 g/mol. The van der Waals surface area contributed by atoms with Gasteiger partial charge in [-0.3, -0.25) is 5.10 Å². The van der Waals surface area contributed by atoms with Gasteiger partial charge in [-0.15, -0.1) is 0 Å². The summed E-state index contributed by atoms with van der Waals surface area (Å²) in [5.41, 5.74) is 7.46. The molecule has 111 valence electrons. The van der Waals surface area contributed by atoms with Crippen molar-refractivity contribution in [3.05, 3.63) is 18.0 Å². The predicted molar refractivity (Wildman–Crippen MR) is 88.2 cm³/mol. The summed E-state index contributed by atoms with van der Waals surface area (Å²) in [7, 11) is 0. The molecular weight excluding hydrogens is 358 g/mol. The van der Waals surface area contributed by atoms with E-state index in [1.165, 1.54) is 16.7 Å². The molecule has 1 fully saturated rings. The van der Waals surface area contributed by atoms with Gasteiger partial charge in [0.1, 0.15) is 5.82 Å². The maximum atomic E-state index is 5.63. The van der Waals surface area contributed by atoms with E-state index in [1.54, 1.807) is 19.0 Å². The standard InChI is InChI=1S/C7H8N4.C5H9.C2H6.CH3.Sb/c1-4-6-5(11-10-4)2-3-9-7(6)8;1-2-4-5-3-1;1-2;;/h2-3H,1H3,(H2,8,9)(H,10,11);1H,2-5H2;1-2H3;1H3;. The van der Waals surface area contributed by atoms with Crippen LogP contribution in [0, 0.1) is 6.92 Å². The number of rotatable bonds is 1. The first-order valence-corrected chi connectivity index (χ1v) is 11.4. The van der Waals surface area contributed by atoms with E-state index in [0.717, 1.165) is 16.6 Å². The number of aryl methyl sites for hydroxylation is 1. The summed E-state index contributed by atoms with van der Waals surface area (Å²) in [6.07, 6.45) is 7.88. The van der Waals surface area contributed by atoms with Crippen molar-refractivity contribution in [2.24, 2.45) is 0 Å². The van der Waals surface area contributed by atoms with E-state index in [-0.39, 0.29) is 0 Å². The third-order valence-corrected chi connectivity index (χ3v) is 6.93. The topological polar surface area (TPSA) is 67.6 Å². The Bertz CT molecular complexity index is 504. The zero-order valence-electron chi connectivity index (χ0n) is 13.0. The Balaban J connectivity index is 0.000000193. The molecule has 4 nitrogen and oxygen atoms in total. The molecule has 0 aromatic carbocycles. The van der Waals surface area contributed by atoms with Crippen LogP contribution in [0.25, 0.3) is 10.9 Å². The Morgan fingerprint density at radius 3 is 2.45 bits per heavy atom. The number of aromatic nitrogens is 3. The molecule has 1 aliphatic rings. The molecule has 0 bridgehead atoms. The van der Waals surface area contributed by atoms with Crippen molar-refractivity contribution in [1.82, 2.24) is 15.2 Å². The third kappa shape index (κ3) is 4.66. The van der Waals surface area contributed by atoms with Crippen LogP contribution in [-0.4, -0.2) is 36.8 Å². The molecule has 1 saturated carbocycles. The predicted octanol–water partition coefficient (Wildman–Crippen LogP) is 3.98. The van der Waals surface area contributed by atoms with E-state index in [0.29, 0.717) is 27.4 Å². The van der Waals surface area contributed by atoms with E-state index in [2.05, 4.69) is 20.1 Å². The summed E-state index contributed by atoms with van der Waals surface area (Å²) in [6, 6.07) is 1.83. The van der Waals surface area contributed by atoms with Crippen LogP contribution in [-0.2, 0) is 0 Å². The molecule has 0 saturated heterocycles. The van der Waals surface area contributed by atoms with Gasteiger partial charge >= 0.3 is 56.0 Å². The molecule has 3 N–H and O–H groups in total. The van der Waals surface area contributed by atoms with Gasteiger partial charge in [0.2, 0.25) is 0 Å². The number of hydrogen-bond acceptors (Lipinski definition) is 3. The van der Waals surface area contributed by atoms with Gasteiger partial charge < -0.3 is 5.73 Å². The van der Waals surface area contributed by atoms with E-state index in [1.807, 2.05) is 26.8 Å². The fraction of sp³-hybridized carbons (Fsp3) is 0.600. The molecule has 20 heavy (non-hydrogen) atoms. The first kappa shape index (κ1) is 17.3. The number of anilines is 1. The molecule has 1 aliphatic carbocycles. The Morgan fingerprint density at radius 2 is 1.95 bits per heavy atom. The van der Waals surface area contributed by atoms with Crippen LogP contribution in [0.2, 0.25) is 8.73 Å². The van der Waals surface area contributed by atoms with E-state index in [9.17, 15) is 0 Å². The minimum atomic E-state index is 0.308. The van der Waals surface area contributed by atoms with Crippen LogP contribution in [0.5, 0.6) is 0 Å². The second kappa shape index (κ2) is 9.22. The SMILES string of the molecule is CC.Cc1[nH]nc2ccnc(N)c12.[CH3][Sb][CH]1CCCC1. The Kier molecular flexibility index (Phi) is 7.98. The molecule has 2 aromatic rings. The molecule has 0 atom stereocenters. The molecule has 2 heterocycles. The van der Waals surface area contributed by atoms with Crippen LogP contribution >= 0.6 is 0 Å². The summed E-state index contributed by atoms with van der Waals surface area (Å²) in [5, 5.41) is 7.81. The van der Waals surface area contributed by atoms with Crippen molar-refractivity contribution in [2.45, 2.75) is 55.2 Å². The second-order valence-corrected chi connectivity index (χ2v) is 8.19. The first-order chi connectivity index (χ1) is 9.72. The van der Waals surface area contributed by atoms with Gasteiger partial charge in [-0.25, -0.2) is 4.98 Å². The Labute approximate surface area is 132 Å². The molecule has 0 spiro atoms. The fourth-order valence-corrected chi connectivity index (χ4v) is 4.82. The summed E-state index contributed by atoms with van der Waals surface area (Å²) >= 11 is 0.308. The number of nitrogens with two attached hydrogens (primary N) is 1. The van der Waals surface area contributed by atoms with Gasteiger partial charge in [0, 0.05) is 11.9 Å². The maximum absolute atomic E-state index is 5.63. The zero-order chi connectivity index (χ0) is 15.0. The summed E-state index contributed by atoms with van der Waals surface area (Å²) in [5.74, 6) is 0.536. The first-order valence-electron chi connectivity index (χ1n) is 7.36. The molecule has 3 rings (SSSR count). The third-order valence-electron chi connectivity index (χ3n) is 3.37. The van der Waals surface area contributed by atoms with Crippen LogP contribution in [0.3, 0.4) is 0 Å². The number of H-pyrrole nitrogens is 1. The van der Waals surface area contributed by atoms with Crippen molar-refractivity contribution in [3.8, 4) is 0 Å². The second-order valence-electron chi connectivity index (χ2n) is 4.64. The van der Waals surface area contributed by atoms with Gasteiger partial charge in [0.15, 0.2) is 0 Å². The minimum absolute atomic E-state index is 0.308. The Hall–Kier alpha value is -0.762. The van der Waals surface area contributed by atoms with Crippen LogP contribution in [0.4, 0.5) is 5.82 Å². The molecule has 0 unspecified atom stereocenters. The van der Waals surface area contributed by atoms with Crippen molar-refractivity contribution in [2.75, 3.05) is 5.73 Å². The van der Waals surface area contributed by atoms with Gasteiger partial charge in [-0.1, -0.05) is 13.8 Å². The van der Waals surface area contributed by atoms with Crippen LogP contribution < -0.4 is 5.73 Å². The zero-order valence-corrected chi connectivity index (χ0v) is 15.5. The molecule has 2 aromatic heterocycles. The molecule has 0 aliphatic heterocycles. The van der Waals surface area contributed by atoms with E-state index < -0.39 is 0 Å². The van der Waals surface area contributed by atoms with E-state index in [4.69, 9.17) is 5.73 Å². The van der Waals surface area contributed by atoms with Gasteiger partial charge in [0.25, 0.3) is 0 Å². The van der Waals surface area contributed by atoms with Crippen molar-refractivity contribution in [3.63, 3.8) is 0 Å². The van der Waals surface area contributed by atoms with Crippen molar-refractivity contribution >= 4 is 38.3 Å². The van der Waals surface area contributed by atoms with Crippen molar-refractivity contribution in [1.29, 1.82) is 0 Å². The Morgan fingerprint density at radius 1 is 1.30 bits per heavy atom. The average Bonchev–Trinajstić information content (AvgIpc) is 3.12. The molecular formula is C15H26N4Sb. The number of pyridine rings is 1. The van der Waals surface area contributed by atoms with Gasteiger partial charge in [-0.05, 0) is 13.0 Å². The van der Waals surface area contributed by atoms with E-state index >= 15 is 0 Å². The number of hydrogen-bond donors (Lipinski definition) is 2. The summed E-state index contributed by atoms with van der Waals surface area (Å²) in [4.78, 5) is 6.41. The molecule has 0 amide bonds. The molecule has 5 heteroatoms. The van der Waals surface area contributed by atoms with Crippen LogP contribution in [0.1, 0.15) is 45.2 Å². The quantitative estimate of drug-likeness (QED) is 0.732. The van der Waals surface area contributed by atoms with Crippen molar-refractivity contribution < 1.29 is 0 Å².